The van der Waals surface area contributed by atoms with Gasteiger partial charge in [0.05, 0.1) is 11.5 Å². The number of rotatable bonds is 6. The Morgan fingerprint density at radius 3 is 2.73 bits per heavy atom. The molecule has 2 rings (SSSR count). The number of benzene rings is 1. The summed E-state index contributed by atoms with van der Waals surface area (Å²) in [6, 6.07) is 7.06. The molecule has 22 heavy (non-hydrogen) atoms. The van der Waals surface area contributed by atoms with Crippen LogP contribution in [0.25, 0.3) is 0 Å². The van der Waals surface area contributed by atoms with E-state index in [2.05, 4.69) is 17.6 Å². The van der Waals surface area contributed by atoms with Crippen molar-refractivity contribution in [1.29, 1.82) is 0 Å². The Balaban J connectivity index is 1.70. The molecule has 1 aromatic carbocycles. The third-order valence-corrected chi connectivity index (χ3v) is 4.95. The molecule has 0 aromatic heterocycles. The zero-order chi connectivity index (χ0) is 15.9. The number of amides is 1. The average Bonchev–Trinajstić information content (AvgIpc) is 2.50. The lowest BCUT2D eigenvalue weighted by atomic mass is 9.95. The van der Waals surface area contributed by atoms with Crippen LogP contribution in [0.1, 0.15) is 23.7 Å². The molecule has 1 aliphatic heterocycles. The highest BCUT2D eigenvalue weighted by Crippen LogP contribution is 2.13. The summed E-state index contributed by atoms with van der Waals surface area (Å²) in [5.74, 6) is 1.09. The fourth-order valence-corrected chi connectivity index (χ4v) is 3.28. The van der Waals surface area contributed by atoms with E-state index in [0.717, 1.165) is 19.5 Å². The molecule has 1 heterocycles. The Hall–Kier alpha value is -1.04. The molecule has 2 atom stereocenters. The van der Waals surface area contributed by atoms with Crippen LogP contribution in [0, 0.1) is 5.92 Å². The molecule has 2 unspecified atom stereocenters. The topological polar surface area (TPSA) is 58.2 Å². The third kappa shape index (κ3) is 5.30. The molecule has 0 aliphatic carbocycles. The molecule has 0 bridgehead atoms. The van der Waals surface area contributed by atoms with Crippen LogP contribution in [0.2, 0.25) is 5.02 Å². The Bertz CT molecular complexity index is 521. The number of piperidine rings is 1. The van der Waals surface area contributed by atoms with Crippen molar-refractivity contribution in [3.63, 3.8) is 0 Å². The summed E-state index contributed by atoms with van der Waals surface area (Å²) in [7, 11) is 0. The van der Waals surface area contributed by atoms with Gasteiger partial charge in [0, 0.05) is 16.6 Å². The van der Waals surface area contributed by atoms with Crippen LogP contribution in [-0.2, 0) is 4.79 Å². The number of ketones is 1. The normalized spacial score (nSPS) is 21.4. The van der Waals surface area contributed by atoms with Gasteiger partial charge in [-0.1, -0.05) is 18.5 Å². The number of carbonyl (C=O) groups is 2. The van der Waals surface area contributed by atoms with Crippen LogP contribution in [-0.4, -0.2) is 42.3 Å². The zero-order valence-electron chi connectivity index (χ0n) is 12.6. The first-order valence-electron chi connectivity index (χ1n) is 7.43. The van der Waals surface area contributed by atoms with Crippen molar-refractivity contribution in [3.05, 3.63) is 34.9 Å². The van der Waals surface area contributed by atoms with Gasteiger partial charge in [-0.2, -0.15) is 0 Å². The largest absolute Gasteiger partial charge is 0.352 e. The fraction of sp³-hybridized carbons (Fsp3) is 0.500. The van der Waals surface area contributed by atoms with E-state index < -0.39 is 0 Å². The van der Waals surface area contributed by atoms with E-state index in [9.17, 15) is 9.59 Å². The molecule has 2 N–H and O–H groups in total. The molecule has 1 aliphatic rings. The molecule has 1 aromatic rings. The predicted molar refractivity (Wildman–Crippen MR) is 91.7 cm³/mol. The molecule has 4 nitrogen and oxygen atoms in total. The van der Waals surface area contributed by atoms with Crippen LogP contribution in [0.3, 0.4) is 0 Å². The quantitative estimate of drug-likeness (QED) is 0.781. The number of halogens is 1. The second-order valence-corrected chi connectivity index (χ2v) is 6.99. The van der Waals surface area contributed by atoms with E-state index in [0.29, 0.717) is 28.0 Å². The number of carbonyl (C=O) groups excluding carboxylic acids is 2. The van der Waals surface area contributed by atoms with E-state index in [1.165, 1.54) is 11.8 Å². The lowest BCUT2D eigenvalue weighted by Gasteiger charge is -2.30. The van der Waals surface area contributed by atoms with Crippen LogP contribution >= 0.6 is 23.4 Å². The van der Waals surface area contributed by atoms with Crippen molar-refractivity contribution in [2.75, 3.05) is 24.6 Å². The highest BCUT2D eigenvalue weighted by Gasteiger charge is 2.22. The average molecular weight is 341 g/mol. The van der Waals surface area contributed by atoms with Gasteiger partial charge in [-0.05, 0) is 49.7 Å². The van der Waals surface area contributed by atoms with Gasteiger partial charge in [0.25, 0.3) is 0 Å². The Labute approximate surface area is 140 Å². The number of thioether (sulfide) groups is 1. The maximum absolute atomic E-state index is 12.0. The van der Waals surface area contributed by atoms with E-state index in [1.807, 2.05) is 0 Å². The minimum Gasteiger partial charge on any atom is -0.352 e. The highest BCUT2D eigenvalue weighted by molar-refractivity contribution is 8.00. The van der Waals surface area contributed by atoms with E-state index in [1.54, 1.807) is 24.3 Å². The Morgan fingerprint density at radius 1 is 1.32 bits per heavy atom. The first kappa shape index (κ1) is 17.3. The zero-order valence-corrected chi connectivity index (χ0v) is 14.2. The van der Waals surface area contributed by atoms with Crippen molar-refractivity contribution in [2.45, 2.75) is 19.4 Å². The van der Waals surface area contributed by atoms with Crippen LogP contribution in [0.15, 0.2) is 24.3 Å². The smallest absolute Gasteiger partial charge is 0.230 e. The maximum atomic E-state index is 12.0. The lowest BCUT2D eigenvalue weighted by Crippen LogP contribution is -2.48. The fourth-order valence-electron chi connectivity index (χ4n) is 2.43. The number of hydrogen-bond acceptors (Lipinski definition) is 4. The van der Waals surface area contributed by atoms with Gasteiger partial charge >= 0.3 is 0 Å². The highest BCUT2D eigenvalue weighted by atomic mass is 35.5. The monoisotopic (exact) mass is 340 g/mol. The summed E-state index contributed by atoms with van der Waals surface area (Å²) < 4.78 is 0. The second-order valence-electron chi connectivity index (χ2n) is 5.57. The molecule has 1 fully saturated rings. The third-order valence-electron chi connectivity index (χ3n) is 3.76. The second kappa shape index (κ2) is 8.56. The van der Waals surface area contributed by atoms with Crippen LogP contribution < -0.4 is 10.6 Å². The summed E-state index contributed by atoms with van der Waals surface area (Å²) in [5.41, 5.74) is 0.629. The molecule has 120 valence electrons. The first-order valence-corrected chi connectivity index (χ1v) is 8.96. The van der Waals surface area contributed by atoms with Gasteiger partial charge in [-0.15, -0.1) is 11.8 Å². The molecular formula is C16H21ClN2O2S. The number of Topliss-reactive ketones (excluding diaryl/α,β-unsaturated/α-hetero) is 1. The van der Waals surface area contributed by atoms with E-state index >= 15 is 0 Å². The molecule has 0 spiro atoms. The van der Waals surface area contributed by atoms with Gasteiger partial charge in [-0.25, -0.2) is 0 Å². The van der Waals surface area contributed by atoms with E-state index in [4.69, 9.17) is 11.6 Å². The summed E-state index contributed by atoms with van der Waals surface area (Å²) >= 11 is 7.14. The minimum atomic E-state index is 0.00709. The molecule has 0 radical (unpaired) electrons. The number of hydrogen-bond donors (Lipinski definition) is 2. The molecular weight excluding hydrogens is 320 g/mol. The standard InChI is InChI=1S/C16H21ClN2O2S/c1-11-8-18-7-6-14(11)19-16(21)10-22-9-15(20)12-2-4-13(17)5-3-12/h2-5,11,14,18H,6-10H2,1H3,(H,19,21). The Kier molecular flexibility index (Phi) is 6.73. The minimum absolute atomic E-state index is 0.00709. The summed E-state index contributed by atoms with van der Waals surface area (Å²) in [6.45, 7) is 4.01. The van der Waals surface area contributed by atoms with Gasteiger partial charge < -0.3 is 10.6 Å². The van der Waals surface area contributed by atoms with Crippen molar-refractivity contribution >= 4 is 35.1 Å². The van der Waals surface area contributed by atoms with Crippen molar-refractivity contribution in [3.8, 4) is 0 Å². The SMILES string of the molecule is CC1CNCCC1NC(=O)CSCC(=O)c1ccc(Cl)cc1. The summed E-state index contributed by atoms with van der Waals surface area (Å²) in [5, 5.41) is 6.98. The predicted octanol–water partition coefficient (Wildman–Crippen LogP) is 2.37. The van der Waals surface area contributed by atoms with Crippen molar-refractivity contribution < 1.29 is 9.59 Å². The van der Waals surface area contributed by atoms with Gasteiger partial charge in [0.15, 0.2) is 5.78 Å². The van der Waals surface area contributed by atoms with Gasteiger partial charge in [0.2, 0.25) is 5.91 Å². The molecule has 0 saturated carbocycles. The Morgan fingerprint density at radius 2 is 2.05 bits per heavy atom. The first-order chi connectivity index (χ1) is 10.6. The molecule has 1 saturated heterocycles. The lowest BCUT2D eigenvalue weighted by molar-refractivity contribution is -0.119. The van der Waals surface area contributed by atoms with Crippen LogP contribution in [0.4, 0.5) is 0 Å². The molecule has 1 amide bonds. The van der Waals surface area contributed by atoms with Gasteiger partial charge in [0.1, 0.15) is 0 Å². The maximum Gasteiger partial charge on any atom is 0.230 e. The number of nitrogens with one attached hydrogen (secondary N) is 2. The van der Waals surface area contributed by atoms with Crippen molar-refractivity contribution in [2.24, 2.45) is 5.92 Å². The van der Waals surface area contributed by atoms with Crippen LogP contribution in [0.5, 0.6) is 0 Å². The summed E-state index contributed by atoms with van der Waals surface area (Å²) in [4.78, 5) is 23.9. The molecule has 6 heteroatoms. The van der Waals surface area contributed by atoms with E-state index in [-0.39, 0.29) is 17.7 Å². The van der Waals surface area contributed by atoms with Crippen molar-refractivity contribution in [1.82, 2.24) is 10.6 Å². The summed E-state index contributed by atoms with van der Waals surface area (Å²) in [6.07, 6.45) is 0.960. The van der Waals surface area contributed by atoms with Gasteiger partial charge in [-0.3, -0.25) is 9.59 Å².